The van der Waals surface area contributed by atoms with Gasteiger partial charge in [-0.15, -0.1) is 0 Å². The van der Waals surface area contributed by atoms with Crippen LogP contribution in [0.3, 0.4) is 0 Å². The van der Waals surface area contributed by atoms with Crippen LogP contribution in [0.25, 0.3) is 0 Å². The van der Waals surface area contributed by atoms with Crippen molar-refractivity contribution in [3.05, 3.63) is 30.3 Å². The highest BCUT2D eigenvalue weighted by atomic mass is 32.2. The molecule has 0 aliphatic carbocycles. The van der Waals surface area contributed by atoms with Crippen LogP contribution in [0, 0.1) is 0 Å². The highest BCUT2D eigenvalue weighted by Crippen LogP contribution is 2.08. The van der Waals surface area contributed by atoms with Gasteiger partial charge in [0, 0.05) is 5.75 Å². The van der Waals surface area contributed by atoms with Crippen LogP contribution in [-0.4, -0.2) is 20.5 Å². The van der Waals surface area contributed by atoms with Crippen LogP contribution < -0.4 is 4.74 Å². The van der Waals surface area contributed by atoms with Crippen LogP contribution >= 0.6 is 0 Å². The maximum Gasteiger partial charge on any atom is 0.312 e. The van der Waals surface area contributed by atoms with Gasteiger partial charge in [0.1, 0.15) is 5.75 Å². The molecular weight excluding hydrogens is 204 g/mol. The fraction of sp³-hybridized carbons (Fsp3) is 0.222. The van der Waals surface area contributed by atoms with E-state index in [4.69, 9.17) is 4.74 Å². The molecule has 0 fully saturated rings. The third-order valence-corrected chi connectivity index (χ3v) is 1.99. The van der Waals surface area contributed by atoms with Gasteiger partial charge in [-0.25, -0.2) is 0 Å². The summed E-state index contributed by atoms with van der Waals surface area (Å²) in [5.74, 6) is -0.319. The predicted molar refractivity (Wildman–Crippen MR) is 50.5 cm³/mol. The first-order chi connectivity index (χ1) is 6.68. The number of para-hydroxylation sites is 1. The first-order valence-corrected chi connectivity index (χ1v) is 5.24. The molecule has 1 aromatic rings. The Hall–Kier alpha value is -1.20. The average molecular weight is 213 g/mol. The predicted octanol–water partition coefficient (Wildman–Crippen LogP) is 0.861. The minimum Gasteiger partial charge on any atom is -0.772 e. The van der Waals surface area contributed by atoms with E-state index < -0.39 is 17.0 Å². The summed E-state index contributed by atoms with van der Waals surface area (Å²) in [6.07, 6.45) is -0.120. The zero-order valence-electron chi connectivity index (χ0n) is 7.34. The molecule has 0 heterocycles. The van der Waals surface area contributed by atoms with Gasteiger partial charge in [-0.3, -0.25) is 9.00 Å². The van der Waals surface area contributed by atoms with Crippen molar-refractivity contribution in [3.8, 4) is 5.75 Å². The number of rotatable bonds is 4. The number of hydrogen-bond donors (Lipinski definition) is 0. The largest absolute Gasteiger partial charge is 0.772 e. The molecule has 76 valence electrons. The molecule has 0 bridgehead atoms. The van der Waals surface area contributed by atoms with Gasteiger partial charge in [-0.1, -0.05) is 29.3 Å². The molecule has 0 saturated carbocycles. The SMILES string of the molecule is O=C(CCS(=O)[O-])Oc1ccccc1. The maximum atomic E-state index is 11.0. The minimum absolute atomic E-state index is 0.120. The second kappa shape index (κ2) is 5.51. The summed E-state index contributed by atoms with van der Waals surface area (Å²) in [4.78, 5) is 11.0. The number of esters is 1. The number of ether oxygens (including phenoxy) is 1. The molecule has 0 radical (unpaired) electrons. The average Bonchev–Trinajstić information content (AvgIpc) is 2.16. The zero-order chi connectivity index (χ0) is 10.4. The molecule has 1 rings (SSSR count). The molecule has 0 N–H and O–H groups in total. The lowest BCUT2D eigenvalue weighted by atomic mass is 10.3. The second-order valence-corrected chi connectivity index (χ2v) is 3.56. The van der Waals surface area contributed by atoms with E-state index in [2.05, 4.69) is 0 Å². The molecule has 0 aliphatic heterocycles. The number of benzene rings is 1. The fourth-order valence-electron chi connectivity index (χ4n) is 0.838. The summed E-state index contributed by atoms with van der Waals surface area (Å²) in [5, 5.41) is 0. The van der Waals surface area contributed by atoms with Gasteiger partial charge in [0.15, 0.2) is 0 Å². The van der Waals surface area contributed by atoms with E-state index in [1.165, 1.54) is 0 Å². The van der Waals surface area contributed by atoms with E-state index in [1.54, 1.807) is 30.3 Å². The molecule has 1 atom stereocenters. The van der Waals surface area contributed by atoms with Crippen molar-refractivity contribution in [1.82, 2.24) is 0 Å². The Kier molecular flexibility index (Phi) is 4.28. The van der Waals surface area contributed by atoms with Gasteiger partial charge >= 0.3 is 5.97 Å². The molecule has 0 saturated heterocycles. The van der Waals surface area contributed by atoms with E-state index in [-0.39, 0.29) is 12.2 Å². The molecule has 0 aromatic heterocycles. The number of carbonyl (C=O) groups is 1. The Morgan fingerprint density at radius 2 is 2.00 bits per heavy atom. The van der Waals surface area contributed by atoms with Crippen LogP contribution in [0.1, 0.15) is 6.42 Å². The topological polar surface area (TPSA) is 66.4 Å². The van der Waals surface area contributed by atoms with E-state index in [0.29, 0.717) is 5.75 Å². The molecule has 0 aliphatic rings. The van der Waals surface area contributed by atoms with E-state index in [9.17, 15) is 13.6 Å². The molecular formula is C9H9O4S-. The molecule has 1 unspecified atom stereocenters. The van der Waals surface area contributed by atoms with Crippen LogP contribution in [0.2, 0.25) is 0 Å². The lowest BCUT2D eigenvalue weighted by molar-refractivity contribution is -0.133. The van der Waals surface area contributed by atoms with Crippen LogP contribution in [0.4, 0.5) is 0 Å². The van der Waals surface area contributed by atoms with Crippen LogP contribution in [-0.2, 0) is 15.9 Å². The highest BCUT2D eigenvalue weighted by molar-refractivity contribution is 7.79. The quantitative estimate of drug-likeness (QED) is 0.422. The third kappa shape index (κ3) is 4.15. The fourth-order valence-corrected chi connectivity index (χ4v) is 1.17. The summed E-state index contributed by atoms with van der Waals surface area (Å²) >= 11 is -2.19. The summed E-state index contributed by atoms with van der Waals surface area (Å²) in [5.41, 5.74) is 0. The normalized spacial score (nSPS) is 12.1. The zero-order valence-corrected chi connectivity index (χ0v) is 8.16. The smallest absolute Gasteiger partial charge is 0.312 e. The van der Waals surface area contributed by atoms with Gasteiger partial charge in [0.2, 0.25) is 0 Å². The monoisotopic (exact) mass is 213 g/mol. The van der Waals surface area contributed by atoms with Gasteiger partial charge in [-0.05, 0) is 12.1 Å². The minimum atomic E-state index is -2.19. The second-order valence-electron chi connectivity index (χ2n) is 2.54. The number of hydrogen-bond acceptors (Lipinski definition) is 4. The van der Waals surface area contributed by atoms with Crippen molar-refractivity contribution >= 4 is 17.0 Å². The maximum absolute atomic E-state index is 11.0. The van der Waals surface area contributed by atoms with E-state index >= 15 is 0 Å². The Morgan fingerprint density at radius 1 is 1.36 bits per heavy atom. The van der Waals surface area contributed by atoms with Crippen LogP contribution in [0.5, 0.6) is 5.75 Å². The molecule has 4 nitrogen and oxygen atoms in total. The lowest BCUT2D eigenvalue weighted by Gasteiger charge is -2.05. The molecule has 0 spiro atoms. The van der Waals surface area contributed by atoms with Crippen molar-refractivity contribution in [3.63, 3.8) is 0 Å². The summed E-state index contributed by atoms with van der Waals surface area (Å²) in [6, 6.07) is 8.52. The Balaban J connectivity index is 2.38. The highest BCUT2D eigenvalue weighted by Gasteiger charge is 2.03. The Labute approximate surface area is 84.2 Å². The molecule has 14 heavy (non-hydrogen) atoms. The first-order valence-electron chi connectivity index (χ1n) is 4.00. The van der Waals surface area contributed by atoms with E-state index in [1.807, 2.05) is 0 Å². The standard InChI is InChI=1S/C9H10O4S/c10-9(6-7-14(11)12)13-8-4-2-1-3-5-8/h1-5H,6-7H2,(H,11,12)/p-1. The lowest BCUT2D eigenvalue weighted by Crippen LogP contribution is -2.11. The summed E-state index contributed by atoms with van der Waals surface area (Å²) in [6.45, 7) is 0. The summed E-state index contributed by atoms with van der Waals surface area (Å²) < 4.78 is 25.1. The van der Waals surface area contributed by atoms with Crippen molar-refractivity contribution < 1.29 is 18.3 Å². The van der Waals surface area contributed by atoms with Gasteiger partial charge < -0.3 is 9.29 Å². The van der Waals surface area contributed by atoms with Crippen molar-refractivity contribution in [2.45, 2.75) is 6.42 Å². The molecule has 5 heteroatoms. The van der Waals surface area contributed by atoms with Crippen molar-refractivity contribution in [1.29, 1.82) is 0 Å². The van der Waals surface area contributed by atoms with Gasteiger partial charge in [0.25, 0.3) is 0 Å². The Bertz CT molecular complexity index is 323. The third-order valence-electron chi connectivity index (χ3n) is 1.45. The Morgan fingerprint density at radius 3 is 2.57 bits per heavy atom. The van der Waals surface area contributed by atoms with Crippen molar-refractivity contribution in [2.24, 2.45) is 0 Å². The van der Waals surface area contributed by atoms with Gasteiger partial charge in [0.05, 0.1) is 6.42 Å². The molecule has 0 amide bonds. The summed E-state index contributed by atoms with van der Waals surface area (Å²) in [7, 11) is 0. The van der Waals surface area contributed by atoms with Crippen molar-refractivity contribution in [2.75, 3.05) is 5.75 Å². The van der Waals surface area contributed by atoms with Crippen LogP contribution in [0.15, 0.2) is 30.3 Å². The van der Waals surface area contributed by atoms with Gasteiger partial charge in [-0.2, -0.15) is 0 Å². The first kappa shape index (κ1) is 10.9. The molecule has 1 aromatic carbocycles. The van der Waals surface area contributed by atoms with E-state index in [0.717, 1.165) is 0 Å². The number of carbonyl (C=O) groups excluding carboxylic acids is 1.